The van der Waals surface area contributed by atoms with Crippen LogP contribution in [0.1, 0.15) is 11.4 Å². The fraction of sp³-hybridized carbons (Fsp3) is 0.214. The number of hydrogen-bond donors (Lipinski definition) is 2. The predicted molar refractivity (Wildman–Crippen MR) is 135 cm³/mol. The number of hydrogen-bond acceptors (Lipinski definition) is 7. The molecule has 5 rings (SSSR count). The summed E-state index contributed by atoms with van der Waals surface area (Å²) < 4.78 is 11.6. The van der Waals surface area contributed by atoms with E-state index in [4.69, 9.17) is 9.47 Å². The van der Waals surface area contributed by atoms with Crippen LogP contribution in [0.4, 0.5) is 11.4 Å². The summed E-state index contributed by atoms with van der Waals surface area (Å²) in [6, 6.07) is 19.2. The third-order valence-corrected chi connectivity index (χ3v) is 6.37. The maximum absolute atomic E-state index is 13.4. The fourth-order valence-electron chi connectivity index (χ4n) is 4.71. The van der Waals surface area contributed by atoms with Crippen LogP contribution in [-0.4, -0.2) is 46.7 Å². The molecule has 3 heterocycles. The van der Waals surface area contributed by atoms with Crippen LogP contribution >= 0.6 is 0 Å². The molecule has 0 spiro atoms. The van der Waals surface area contributed by atoms with Gasteiger partial charge in [0, 0.05) is 5.69 Å². The zero-order valence-electron chi connectivity index (χ0n) is 20.0. The standard InChI is InChI=1S/C28H26N4O4/c1-18-29-16-21(17-30-18)32-26(33)24-22-13-14-28(36-22,25(24)27(34)35-2)23(15-19-9-5-3-6-10-19)31-20-11-7-4-8-12-20/h3-14,16-17,22-23,31H,15H2,1-2H3,(H,32,33). The Morgan fingerprint density at radius 2 is 1.69 bits per heavy atom. The molecular formula is C28H26N4O4. The minimum Gasteiger partial charge on any atom is -0.466 e. The Bertz CT molecular complexity index is 1280. The van der Waals surface area contributed by atoms with E-state index in [-0.39, 0.29) is 11.1 Å². The summed E-state index contributed by atoms with van der Waals surface area (Å²) in [6.07, 6.45) is 6.56. The lowest BCUT2D eigenvalue weighted by Gasteiger charge is -2.36. The van der Waals surface area contributed by atoms with E-state index in [0.717, 1.165) is 11.3 Å². The lowest BCUT2D eigenvalue weighted by Crippen LogP contribution is -2.49. The first-order chi connectivity index (χ1) is 17.5. The Morgan fingerprint density at radius 1 is 1.03 bits per heavy atom. The van der Waals surface area contributed by atoms with Crippen molar-refractivity contribution in [2.75, 3.05) is 17.7 Å². The molecule has 3 unspecified atom stereocenters. The molecule has 1 amide bonds. The van der Waals surface area contributed by atoms with Crippen molar-refractivity contribution in [2.24, 2.45) is 0 Å². The van der Waals surface area contributed by atoms with Crippen molar-refractivity contribution in [1.82, 2.24) is 9.97 Å². The van der Waals surface area contributed by atoms with Crippen LogP contribution in [0.15, 0.2) is 96.4 Å². The highest BCUT2D eigenvalue weighted by molar-refractivity contribution is 6.12. The van der Waals surface area contributed by atoms with Gasteiger partial charge in [0.15, 0.2) is 0 Å². The van der Waals surface area contributed by atoms with Gasteiger partial charge in [-0.1, -0.05) is 54.6 Å². The summed E-state index contributed by atoms with van der Waals surface area (Å²) in [5.74, 6) is -0.485. The van der Waals surface area contributed by atoms with Crippen LogP contribution in [0.5, 0.6) is 0 Å². The number of methoxy groups -OCH3 is 1. The van der Waals surface area contributed by atoms with Crippen molar-refractivity contribution >= 4 is 23.3 Å². The minimum absolute atomic E-state index is 0.187. The van der Waals surface area contributed by atoms with Gasteiger partial charge >= 0.3 is 5.97 Å². The fourth-order valence-corrected chi connectivity index (χ4v) is 4.71. The molecular weight excluding hydrogens is 456 g/mol. The number of rotatable bonds is 8. The maximum Gasteiger partial charge on any atom is 0.337 e. The summed E-state index contributed by atoms with van der Waals surface area (Å²) in [5.41, 5.74) is 1.54. The Labute approximate surface area is 209 Å². The maximum atomic E-state index is 13.4. The van der Waals surface area contributed by atoms with E-state index in [1.165, 1.54) is 19.5 Å². The van der Waals surface area contributed by atoms with Crippen LogP contribution in [0.3, 0.4) is 0 Å². The second kappa shape index (κ2) is 9.75. The average molecular weight is 483 g/mol. The zero-order chi connectivity index (χ0) is 25.1. The normalized spacial score (nSPS) is 20.8. The highest BCUT2D eigenvalue weighted by Crippen LogP contribution is 2.47. The summed E-state index contributed by atoms with van der Waals surface area (Å²) >= 11 is 0. The van der Waals surface area contributed by atoms with Crippen LogP contribution in [0.2, 0.25) is 0 Å². The second-order valence-corrected chi connectivity index (χ2v) is 8.70. The summed E-state index contributed by atoms with van der Waals surface area (Å²) in [6.45, 7) is 1.76. The number of carbonyl (C=O) groups excluding carboxylic acids is 2. The monoisotopic (exact) mass is 482 g/mol. The molecule has 0 fully saturated rings. The number of esters is 1. The summed E-state index contributed by atoms with van der Waals surface area (Å²) in [5, 5.41) is 6.34. The molecule has 8 nitrogen and oxygen atoms in total. The quantitative estimate of drug-likeness (QED) is 0.373. The van der Waals surface area contributed by atoms with Crippen molar-refractivity contribution in [3.63, 3.8) is 0 Å². The number of para-hydroxylation sites is 1. The van der Waals surface area contributed by atoms with Gasteiger partial charge in [-0.3, -0.25) is 4.79 Å². The molecule has 36 heavy (non-hydrogen) atoms. The van der Waals surface area contributed by atoms with E-state index in [1.807, 2.05) is 72.8 Å². The number of anilines is 2. The largest absolute Gasteiger partial charge is 0.466 e. The highest BCUT2D eigenvalue weighted by atomic mass is 16.5. The molecule has 2 aliphatic heterocycles. The van der Waals surface area contributed by atoms with Crippen molar-refractivity contribution in [1.29, 1.82) is 0 Å². The number of fused-ring (bicyclic) bond motifs is 2. The van der Waals surface area contributed by atoms with Gasteiger partial charge < -0.3 is 20.1 Å². The number of aryl methyl sites for hydroxylation is 1. The van der Waals surface area contributed by atoms with Crippen molar-refractivity contribution in [3.05, 3.63) is 108 Å². The van der Waals surface area contributed by atoms with Crippen LogP contribution in [0.25, 0.3) is 0 Å². The van der Waals surface area contributed by atoms with Gasteiger partial charge in [0.2, 0.25) is 0 Å². The van der Waals surface area contributed by atoms with E-state index in [2.05, 4.69) is 20.6 Å². The smallest absolute Gasteiger partial charge is 0.337 e. The third kappa shape index (κ3) is 4.38. The zero-order valence-corrected chi connectivity index (χ0v) is 20.0. The van der Waals surface area contributed by atoms with E-state index in [0.29, 0.717) is 17.9 Å². The molecule has 3 aromatic rings. The van der Waals surface area contributed by atoms with Gasteiger partial charge in [0.1, 0.15) is 17.5 Å². The number of nitrogens with one attached hydrogen (secondary N) is 2. The first kappa shape index (κ1) is 23.4. The van der Waals surface area contributed by atoms with E-state index < -0.39 is 29.6 Å². The van der Waals surface area contributed by atoms with Gasteiger partial charge in [0.25, 0.3) is 5.91 Å². The molecule has 0 aliphatic carbocycles. The highest BCUT2D eigenvalue weighted by Gasteiger charge is 2.58. The molecule has 0 saturated carbocycles. The van der Waals surface area contributed by atoms with Gasteiger partial charge in [0.05, 0.1) is 42.4 Å². The Hall–Kier alpha value is -4.30. The number of aromatic nitrogens is 2. The van der Waals surface area contributed by atoms with Crippen molar-refractivity contribution < 1.29 is 19.1 Å². The molecule has 182 valence electrons. The Kier molecular flexibility index (Phi) is 6.35. The first-order valence-electron chi connectivity index (χ1n) is 11.7. The number of nitrogens with zero attached hydrogens (tertiary/aromatic N) is 2. The Morgan fingerprint density at radius 3 is 2.36 bits per heavy atom. The average Bonchev–Trinajstić information content (AvgIpc) is 3.49. The molecule has 0 radical (unpaired) electrons. The predicted octanol–water partition coefficient (Wildman–Crippen LogP) is 3.62. The number of benzene rings is 2. The van der Waals surface area contributed by atoms with Gasteiger partial charge in [-0.2, -0.15) is 0 Å². The number of ether oxygens (including phenoxy) is 2. The molecule has 2 N–H and O–H groups in total. The van der Waals surface area contributed by atoms with Crippen molar-refractivity contribution in [3.8, 4) is 0 Å². The first-order valence-corrected chi connectivity index (χ1v) is 11.7. The topological polar surface area (TPSA) is 102 Å². The Balaban J connectivity index is 1.56. The molecule has 1 aromatic heterocycles. The molecule has 8 heteroatoms. The lowest BCUT2D eigenvalue weighted by molar-refractivity contribution is -0.138. The number of amides is 1. The van der Waals surface area contributed by atoms with Crippen LogP contribution in [0, 0.1) is 6.92 Å². The van der Waals surface area contributed by atoms with Crippen molar-refractivity contribution in [2.45, 2.75) is 31.1 Å². The molecule has 2 aromatic carbocycles. The van der Waals surface area contributed by atoms with Gasteiger partial charge in [-0.05, 0) is 37.1 Å². The van der Waals surface area contributed by atoms with Gasteiger partial charge in [-0.25, -0.2) is 14.8 Å². The van der Waals surface area contributed by atoms with E-state index in [1.54, 1.807) is 6.92 Å². The summed E-state index contributed by atoms with van der Waals surface area (Å²) in [4.78, 5) is 34.9. The molecule has 3 atom stereocenters. The SMILES string of the molecule is COC(=O)C1=C(C(=O)Nc2cnc(C)nc2)C2C=CC1(C(Cc1ccccc1)Nc1ccccc1)O2. The number of carbonyl (C=O) groups is 2. The molecule has 2 aliphatic rings. The van der Waals surface area contributed by atoms with Gasteiger partial charge in [-0.15, -0.1) is 0 Å². The molecule has 0 saturated heterocycles. The summed E-state index contributed by atoms with van der Waals surface area (Å²) in [7, 11) is 1.30. The third-order valence-electron chi connectivity index (χ3n) is 6.37. The lowest BCUT2D eigenvalue weighted by atomic mass is 9.78. The second-order valence-electron chi connectivity index (χ2n) is 8.70. The minimum atomic E-state index is -1.21. The van der Waals surface area contributed by atoms with Crippen LogP contribution in [-0.2, 0) is 25.5 Å². The van der Waals surface area contributed by atoms with E-state index >= 15 is 0 Å². The molecule has 2 bridgehead atoms. The van der Waals surface area contributed by atoms with E-state index in [9.17, 15) is 9.59 Å². The van der Waals surface area contributed by atoms with Crippen LogP contribution < -0.4 is 10.6 Å².